The normalized spacial score (nSPS) is 11.4. The minimum atomic E-state index is -0.681. The number of hydrogen-bond donors (Lipinski definition) is 1. The molecule has 0 radical (unpaired) electrons. The van der Waals surface area contributed by atoms with Gasteiger partial charge in [-0.2, -0.15) is 0 Å². The minimum absolute atomic E-state index is 0.173. The molecular formula is C29H34N2O4. The number of ether oxygens (including phenoxy) is 2. The van der Waals surface area contributed by atoms with Crippen LogP contribution in [0.15, 0.2) is 78.9 Å². The van der Waals surface area contributed by atoms with Crippen molar-refractivity contribution in [2.24, 2.45) is 0 Å². The highest BCUT2D eigenvalue weighted by Gasteiger charge is 2.30. The maximum Gasteiger partial charge on any atom is 0.261 e. The summed E-state index contributed by atoms with van der Waals surface area (Å²) in [7, 11) is 1.56. The van der Waals surface area contributed by atoms with Gasteiger partial charge in [-0.1, -0.05) is 79.2 Å². The summed E-state index contributed by atoms with van der Waals surface area (Å²) in [6, 6.07) is 24.3. The van der Waals surface area contributed by atoms with Crippen LogP contribution in [-0.2, 0) is 22.6 Å². The van der Waals surface area contributed by atoms with Crippen LogP contribution >= 0.6 is 0 Å². The van der Waals surface area contributed by atoms with Crippen molar-refractivity contribution in [3.63, 3.8) is 0 Å². The molecule has 1 atom stereocenters. The monoisotopic (exact) mass is 474 g/mol. The molecule has 0 aromatic heterocycles. The number of para-hydroxylation sites is 2. The van der Waals surface area contributed by atoms with Crippen LogP contribution < -0.4 is 14.8 Å². The maximum absolute atomic E-state index is 13.6. The lowest BCUT2D eigenvalue weighted by molar-refractivity contribution is -0.142. The van der Waals surface area contributed by atoms with Crippen molar-refractivity contribution in [1.29, 1.82) is 0 Å². The summed E-state index contributed by atoms with van der Waals surface area (Å²) < 4.78 is 11.2. The van der Waals surface area contributed by atoms with Crippen molar-refractivity contribution in [1.82, 2.24) is 10.2 Å². The van der Waals surface area contributed by atoms with E-state index in [9.17, 15) is 9.59 Å². The number of methoxy groups -OCH3 is 1. The molecule has 3 rings (SSSR count). The number of benzene rings is 3. The fourth-order valence-electron chi connectivity index (χ4n) is 3.77. The molecule has 6 heteroatoms. The van der Waals surface area contributed by atoms with Crippen molar-refractivity contribution in [2.45, 2.75) is 39.3 Å². The van der Waals surface area contributed by atoms with E-state index in [4.69, 9.17) is 9.47 Å². The van der Waals surface area contributed by atoms with Crippen LogP contribution in [0.1, 0.15) is 30.0 Å². The summed E-state index contributed by atoms with van der Waals surface area (Å²) in [4.78, 5) is 28.5. The molecule has 6 nitrogen and oxygen atoms in total. The van der Waals surface area contributed by atoms with Crippen molar-refractivity contribution in [2.75, 3.05) is 20.3 Å². The van der Waals surface area contributed by atoms with Crippen molar-refractivity contribution < 1.29 is 19.1 Å². The third kappa shape index (κ3) is 7.60. The number of hydrogen-bond acceptors (Lipinski definition) is 4. The topological polar surface area (TPSA) is 67.9 Å². The Morgan fingerprint density at radius 2 is 1.54 bits per heavy atom. The number of aryl methyl sites for hydroxylation is 1. The summed E-state index contributed by atoms with van der Waals surface area (Å²) in [6.45, 7) is 4.66. The molecule has 0 aliphatic heterocycles. The molecule has 0 saturated heterocycles. The van der Waals surface area contributed by atoms with Crippen LogP contribution in [0.4, 0.5) is 0 Å². The predicted octanol–water partition coefficient (Wildman–Crippen LogP) is 4.55. The van der Waals surface area contributed by atoms with Gasteiger partial charge in [-0.05, 0) is 36.6 Å². The van der Waals surface area contributed by atoms with Crippen LogP contribution in [0.5, 0.6) is 11.5 Å². The Bertz CT molecular complexity index is 1080. The molecule has 3 aromatic rings. The van der Waals surface area contributed by atoms with Crippen LogP contribution in [0.25, 0.3) is 0 Å². The van der Waals surface area contributed by atoms with Gasteiger partial charge in [0.2, 0.25) is 5.91 Å². The molecule has 1 unspecified atom stereocenters. The van der Waals surface area contributed by atoms with Crippen LogP contribution in [0, 0.1) is 6.92 Å². The summed E-state index contributed by atoms with van der Waals surface area (Å²) in [5.74, 6) is 0.582. The van der Waals surface area contributed by atoms with Gasteiger partial charge in [0.05, 0.1) is 7.11 Å². The second-order valence-corrected chi connectivity index (χ2v) is 8.44. The Morgan fingerprint density at radius 3 is 2.20 bits per heavy atom. The molecule has 0 aliphatic rings. The van der Waals surface area contributed by atoms with Gasteiger partial charge in [-0.15, -0.1) is 0 Å². The van der Waals surface area contributed by atoms with Gasteiger partial charge in [0.25, 0.3) is 5.91 Å². The summed E-state index contributed by atoms with van der Waals surface area (Å²) in [5, 5.41) is 2.98. The zero-order valence-corrected chi connectivity index (χ0v) is 20.7. The van der Waals surface area contributed by atoms with Gasteiger partial charge in [-0.3, -0.25) is 9.59 Å². The number of nitrogens with zero attached hydrogens (tertiary/aromatic N) is 1. The zero-order chi connectivity index (χ0) is 25.0. The molecule has 0 spiro atoms. The molecule has 2 amide bonds. The summed E-state index contributed by atoms with van der Waals surface area (Å²) in [5.41, 5.74) is 3.06. The number of amides is 2. The first-order chi connectivity index (χ1) is 17.0. The van der Waals surface area contributed by atoms with E-state index in [2.05, 4.69) is 5.32 Å². The highest BCUT2D eigenvalue weighted by Crippen LogP contribution is 2.26. The third-order valence-corrected chi connectivity index (χ3v) is 5.71. The second kappa shape index (κ2) is 13.2. The quantitative estimate of drug-likeness (QED) is 0.418. The van der Waals surface area contributed by atoms with Gasteiger partial charge in [-0.25, -0.2) is 0 Å². The Kier molecular flexibility index (Phi) is 9.72. The lowest BCUT2D eigenvalue weighted by Gasteiger charge is -2.31. The van der Waals surface area contributed by atoms with E-state index in [0.717, 1.165) is 23.1 Å². The highest BCUT2D eigenvalue weighted by atomic mass is 16.5. The van der Waals surface area contributed by atoms with Crippen LogP contribution in [-0.4, -0.2) is 43.0 Å². The Hall–Kier alpha value is -3.80. The predicted molar refractivity (Wildman–Crippen MR) is 137 cm³/mol. The van der Waals surface area contributed by atoms with E-state index in [0.29, 0.717) is 31.0 Å². The molecule has 0 fully saturated rings. The molecule has 35 heavy (non-hydrogen) atoms. The Morgan fingerprint density at radius 1 is 0.886 bits per heavy atom. The molecule has 0 heterocycles. The average molecular weight is 475 g/mol. The first-order valence-corrected chi connectivity index (χ1v) is 11.9. The first kappa shape index (κ1) is 25.8. The van der Waals surface area contributed by atoms with E-state index in [1.165, 1.54) is 0 Å². The third-order valence-electron chi connectivity index (χ3n) is 5.71. The fraction of sp³-hybridized carbons (Fsp3) is 0.310. The highest BCUT2D eigenvalue weighted by molar-refractivity contribution is 5.88. The standard InChI is InChI=1S/C29H34N2O4/c1-4-18-30-29(33)25(19-23-10-6-5-7-11-23)31(20-24-16-14-22(2)15-17-24)28(32)21-35-27-13-9-8-12-26(27)34-3/h5-17,25H,4,18-21H2,1-3H3,(H,30,33). The first-order valence-electron chi connectivity index (χ1n) is 11.9. The lowest BCUT2D eigenvalue weighted by atomic mass is 10.0. The van der Waals surface area contributed by atoms with Crippen molar-refractivity contribution >= 4 is 11.8 Å². The molecule has 184 valence electrons. The number of rotatable bonds is 12. The van der Waals surface area contributed by atoms with E-state index >= 15 is 0 Å². The van der Waals surface area contributed by atoms with Crippen molar-refractivity contribution in [3.05, 3.63) is 95.6 Å². The summed E-state index contributed by atoms with van der Waals surface area (Å²) in [6.07, 6.45) is 1.22. The molecular weight excluding hydrogens is 440 g/mol. The van der Waals surface area contributed by atoms with Gasteiger partial charge >= 0.3 is 0 Å². The van der Waals surface area contributed by atoms with Crippen LogP contribution in [0.2, 0.25) is 0 Å². The average Bonchev–Trinajstić information content (AvgIpc) is 2.89. The number of carbonyl (C=O) groups excluding carboxylic acids is 2. The molecule has 0 bridgehead atoms. The van der Waals surface area contributed by atoms with E-state index < -0.39 is 6.04 Å². The Balaban J connectivity index is 1.89. The number of carbonyl (C=O) groups is 2. The molecule has 0 saturated carbocycles. The fourth-order valence-corrected chi connectivity index (χ4v) is 3.77. The van der Waals surface area contributed by atoms with E-state index in [-0.39, 0.29) is 18.4 Å². The second-order valence-electron chi connectivity index (χ2n) is 8.44. The zero-order valence-electron chi connectivity index (χ0n) is 20.7. The Labute approximate surface area is 207 Å². The minimum Gasteiger partial charge on any atom is -0.493 e. The SMILES string of the molecule is CCCNC(=O)C(Cc1ccccc1)N(Cc1ccc(C)cc1)C(=O)COc1ccccc1OC. The van der Waals surface area contributed by atoms with Gasteiger partial charge in [0.1, 0.15) is 6.04 Å². The molecule has 3 aromatic carbocycles. The smallest absolute Gasteiger partial charge is 0.261 e. The van der Waals surface area contributed by atoms with E-state index in [1.807, 2.05) is 80.6 Å². The van der Waals surface area contributed by atoms with Crippen molar-refractivity contribution in [3.8, 4) is 11.5 Å². The molecule has 0 aliphatic carbocycles. The summed E-state index contributed by atoms with van der Waals surface area (Å²) >= 11 is 0. The van der Waals surface area contributed by atoms with Gasteiger partial charge in [0.15, 0.2) is 18.1 Å². The van der Waals surface area contributed by atoms with Crippen LogP contribution in [0.3, 0.4) is 0 Å². The molecule has 1 N–H and O–H groups in total. The van der Waals surface area contributed by atoms with Gasteiger partial charge in [0, 0.05) is 19.5 Å². The number of nitrogens with one attached hydrogen (secondary N) is 1. The maximum atomic E-state index is 13.6. The van der Waals surface area contributed by atoms with E-state index in [1.54, 1.807) is 24.1 Å². The van der Waals surface area contributed by atoms with Gasteiger partial charge < -0.3 is 19.7 Å². The largest absolute Gasteiger partial charge is 0.493 e. The lowest BCUT2D eigenvalue weighted by Crippen LogP contribution is -2.51.